The molecular formula is C13H15FN2O4. The van der Waals surface area contributed by atoms with Gasteiger partial charge in [0.25, 0.3) is 0 Å². The van der Waals surface area contributed by atoms with Gasteiger partial charge in [-0.2, -0.15) is 0 Å². The smallest absolute Gasteiger partial charge is 0.326 e. The van der Waals surface area contributed by atoms with E-state index >= 15 is 0 Å². The molecule has 1 unspecified atom stereocenters. The van der Waals surface area contributed by atoms with Gasteiger partial charge in [0.15, 0.2) is 0 Å². The lowest BCUT2D eigenvalue weighted by Crippen LogP contribution is -2.46. The molecule has 3 N–H and O–H groups in total. The minimum absolute atomic E-state index is 0.124. The van der Waals surface area contributed by atoms with Gasteiger partial charge < -0.3 is 15.7 Å². The number of halogens is 1. The van der Waals surface area contributed by atoms with E-state index in [-0.39, 0.29) is 24.6 Å². The summed E-state index contributed by atoms with van der Waals surface area (Å²) < 4.78 is 12.7. The molecule has 0 radical (unpaired) electrons. The van der Waals surface area contributed by atoms with Crippen molar-refractivity contribution in [3.8, 4) is 0 Å². The first kappa shape index (κ1) is 15.6. The van der Waals surface area contributed by atoms with Gasteiger partial charge >= 0.3 is 12.0 Å². The number of carbonyl (C=O) groups excluding carboxylic acids is 2. The van der Waals surface area contributed by atoms with Gasteiger partial charge in [-0.1, -0.05) is 12.1 Å². The molecule has 0 heterocycles. The van der Waals surface area contributed by atoms with E-state index in [0.29, 0.717) is 5.56 Å². The molecule has 0 aromatic heterocycles. The lowest BCUT2D eigenvalue weighted by atomic mass is 10.1. The van der Waals surface area contributed by atoms with Gasteiger partial charge in [0, 0.05) is 13.0 Å². The Morgan fingerprint density at radius 1 is 1.25 bits per heavy atom. The topological polar surface area (TPSA) is 95.5 Å². The van der Waals surface area contributed by atoms with Crippen molar-refractivity contribution < 1.29 is 23.9 Å². The van der Waals surface area contributed by atoms with Crippen LogP contribution in [0.4, 0.5) is 9.18 Å². The van der Waals surface area contributed by atoms with E-state index < -0.39 is 18.0 Å². The second kappa shape index (κ2) is 7.22. The molecule has 1 aromatic carbocycles. The third-order valence-electron chi connectivity index (χ3n) is 2.46. The van der Waals surface area contributed by atoms with Gasteiger partial charge in [0.05, 0.1) is 0 Å². The molecule has 0 saturated heterocycles. The molecule has 0 aliphatic heterocycles. The summed E-state index contributed by atoms with van der Waals surface area (Å²) in [4.78, 5) is 33.2. The van der Waals surface area contributed by atoms with Crippen molar-refractivity contribution in [2.75, 3.05) is 0 Å². The van der Waals surface area contributed by atoms with Gasteiger partial charge in [-0.15, -0.1) is 0 Å². The summed E-state index contributed by atoms with van der Waals surface area (Å²) in [5.74, 6) is -2.00. The Morgan fingerprint density at radius 2 is 1.85 bits per heavy atom. The molecule has 1 atom stereocenters. The molecule has 0 fully saturated rings. The van der Waals surface area contributed by atoms with E-state index in [2.05, 4.69) is 10.6 Å². The van der Waals surface area contributed by atoms with Gasteiger partial charge in [-0.05, 0) is 24.6 Å². The second-order valence-electron chi connectivity index (χ2n) is 4.25. The molecule has 1 aromatic rings. The Bertz CT molecular complexity index is 502. The van der Waals surface area contributed by atoms with Crippen molar-refractivity contribution in [2.45, 2.75) is 25.9 Å². The summed E-state index contributed by atoms with van der Waals surface area (Å²) in [5.41, 5.74) is 0.667. The molecule has 7 heteroatoms. The summed E-state index contributed by atoms with van der Waals surface area (Å²) >= 11 is 0. The van der Waals surface area contributed by atoms with Crippen LogP contribution in [0.15, 0.2) is 24.3 Å². The van der Waals surface area contributed by atoms with Crippen LogP contribution in [0.1, 0.15) is 18.9 Å². The van der Waals surface area contributed by atoms with Crippen molar-refractivity contribution in [1.29, 1.82) is 0 Å². The molecule has 0 aliphatic rings. The second-order valence-corrected chi connectivity index (χ2v) is 4.25. The van der Waals surface area contributed by atoms with Crippen molar-refractivity contribution >= 4 is 17.8 Å². The van der Waals surface area contributed by atoms with E-state index in [9.17, 15) is 18.8 Å². The van der Waals surface area contributed by atoms with Crippen LogP contribution in [0.5, 0.6) is 0 Å². The highest BCUT2D eigenvalue weighted by molar-refractivity contribution is 5.88. The zero-order valence-corrected chi connectivity index (χ0v) is 10.9. The number of rotatable bonds is 6. The van der Waals surface area contributed by atoms with Crippen LogP contribution < -0.4 is 10.6 Å². The third kappa shape index (κ3) is 5.47. The first-order valence-corrected chi connectivity index (χ1v) is 5.89. The quantitative estimate of drug-likeness (QED) is 0.727. The Labute approximate surface area is 115 Å². The highest BCUT2D eigenvalue weighted by atomic mass is 19.1. The van der Waals surface area contributed by atoms with Crippen LogP contribution in [-0.4, -0.2) is 28.9 Å². The number of aliphatic carboxylic acids is 1. The van der Waals surface area contributed by atoms with Crippen LogP contribution in [-0.2, 0) is 16.1 Å². The number of Topliss-reactive ketones (excluding diaryl/α,β-unsaturated/α-hetero) is 1. The maximum atomic E-state index is 12.7. The average Bonchev–Trinajstić information content (AvgIpc) is 2.36. The summed E-state index contributed by atoms with van der Waals surface area (Å²) in [7, 11) is 0. The van der Waals surface area contributed by atoms with Crippen LogP contribution in [0.3, 0.4) is 0 Å². The lowest BCUT2D eigenvalue weighted by Gasteiger charge is -2.13. The number of carboxylic acids is 1. The highest BCUT2D eigenvalue weighted by Crippen LogP contribution is 2.02. The van der Waals surface area contributed by atoms with Crippen LogP contribution >= 0.6 is 0 Å². The number of hydrogen-bond donors (Lipinski definition) is 3. The summed E-state index contributed by atoms with van der Waals surface area (Å²) in [6.45, 7) is 1.37. The molecule has 0 spiro atoms. The Balaban J connectivity index is 2.47. The molecule has 1 rings (SSSR count). The predicted octanol–water partition coefficient (Wildman–Crippen LogP) is 1.06. The van der Waals surface area contributed by atoms with Crippen LogP contribution in [0, 0.1) is 5.82 Å². The van der Waals surface area contributed by atoms with Crippen molar-refractivity contribution in [3.05, 3.63) is 35.6 Å². The van der Waals surface area contributed by atoms with Gasteiger partial charge in [0.1, 0.15) is 17.6 Å². The number of carboxylic acid groups (broad SMARTS) is 1. The molecule has 0 aliphatic carbocycles. The number of nitrogens with one attached hydrogen (secondary N) is 2. The predicted molar refractivity (Wildman–Crippen MR) is 68.5 cm³/mol. The van der Waals surface area contributed by atoms with Gasteiger partial charge in [-0.3, -0.25) is 4.79 Å². The zero-order chi connectivity index (χ0) is 15.1. The standard InChI is InChI=1S/C13H15FN2O4/c1-8(17)6-11(12(18)19)16-13(20)15-7-9-2-4-10(14)5-3-9/h2-5,11H,6-7H2,1H3,(H,18,19)(H2,15,16,20). The highest BCUT2D eigenvalue weighted by Gasteiger charge is 2.21. The molecule has 20 heavy (non-hydrogen) atoms. The monoisotopic (exact) mass is 282 g/mol. The number of benzene rings is 1. The Morgan fingerprint density at radius 3 is 2.35 bits per heavy atom. The number of ketones is 1. The Hall–Kier alpha value is -2.44. The molecule has 6 nitrogen and oxygen atoms in total. The number of hydrogen-bond acceptors (Lipinski definition) is 3. The Kier molecular flexibility index (Phi) is 5.64. The van der Waals surface area contributed by atoms with Gasteiger partial charge in [0.2, 0.25) is 0 Å². The first-order valence-electron chi connectivity index (χ1n) is 5.89. The zero-order valence-electron chi connectivity index (χ0n) is 10.9. The largest absolute Gasteiger partial charge is 0.480 e. The summed E-state index contributed by atoms with van der Waals surface area (Å²) in [6, 6.07) is 3.54. The van der Waals surface area contributed by atoms with E-state index in [0.717, 1.165) is 0 Å². The van der Waals surface area contributed by atoms with Crippen molar-refractivity contribution in [3.63, 3.8) is 0 Å². The van der Waals surface area contributed by atoms with Crippen LogP contribution in [0.25, 0.3) is 0 Å². The molecule has 0 bridgehead atoms. The maximum Gasteiger partial charge on any atom is 0.326 e. The first-order chi connectivity index (χ1) is 9.38. The minimum atomic E-state index is -1.28. The lowest BCUT2D eigenvalue weighted by molar-refractivity contribution is -0.140. The fourth-order valence-electron chi connectivity index (χ4n) is 1.48. The van der Waals surface area contributed by atoms with E-state index in [1.807, 2.05) is 0 Å². The molecule has 108 valence electrons. The van der Waals surface area contributed by atoms with E-state index in [1.54, 1.807) is 0 Å². The fourth-order valence-corrected chi connectivity index (χ4v) is 1.48. The van der Waals surface area contributed by atoms with E-state index in [4.69, 9.17) is 5.11 Å². The number of amides is 2. The van der Waals surface area contributed by atoms with Crippen molar-refractivity contribution in [1.82, 2.24) is 10.6 Å². The minimum Gasteiger partial charge on any atom is -0.480 e. The summed E-state index contributed by atoms with van der Waals surface area (Å²) in [6.07, 6.45) is -0.278. The molecule has 2 amide bonds. The fraction of sp³-hybridized carbons (Fsp3) is 0.308. The SMILES string of the molecule is CC(=O)CC(NC(=O)NCc1ccc(F)cc1)C(=O)O. The normalized spacial score (nSPS) is 11.5. The maximum absolute atomic E-state index is 12.7. The van der Waals surface area contributed by atoms with Gasteiger partial charge in [-0.25, -0.2) is 14.0 Å². The average molecular weight is 282 g/mol. The van der Waals surface area contributed by atoms with Crippen molar-refractivity contribution in [2.24, 2.45) is 0 Å². The molecular weight excluding hydrogens is 267 g/mol. The third-order valence-corrected chi connectivity index (χ3v) is 2.46. The van der Waals surface area contributed by atoms with E-state index in [1.165, 1.54) is 31.2 Å². The van der Waals surface area contributed by atoms with Crippen LogP contribution in [0.2, 0.25) is 0 Å². The number of urea groups is 1. The summed E-state index contributed by atoms with van der Waals surface area (Å²) in [5, 5.41) is 13.5. The number of carbonyl (C=O) groups is 3. The molecule has 0 saturated carbocycles.